The molecule has 1 atom stereocenters. The molecule has 0 aliphatic heterocycles. The molecule has 1 aromatic carbocycles. The molecule has 0 unspecified atom stereocenters. The normalized spacial score (nSPS) is 11.9. The zero-order valence-corrected chi connectivity index (χ0v) is 13.6. The number of ether oxygens (including phenoxy) is 1. The molecule has 122 valence electrons. The highest BCUT2D eigenvalue weighted by atomic mass is 16.5. The number of nitrogens with one attached hydrogen (secondary N) is 1. The van der Waals surface area contributed by atoms with Crippen molar-refractivity contribution in [3.05, 3.63) is 29.8 Å². The number of likely N-dealkylation sites (N-methyl/N-ethyl adjacent to an activating group) is 1. The van der Waals surface area contributed by atoms with Crippen LogP contribution in [0.15, 0.2) is 24.3 Å². The van der Waals surface area contributed by atoms with Crippen molar-refractivity contribution in [2.24, 2.45) is 11.7 Å². The largest absolute Gasteiger partial charge is 0.497 e. The molecule has 1 aromatic rings. The second-order valence-electron chi connectivity index (χ2n) is 5.59. The van der Waals surface area contributed by atoms with E-state index in [1.807, 2.05) is 38.1 Å². The van der Waals surface area contributed by atoms with Crippen molar-refractivity contribution < 1.29 is 14.3 Å². The quantitative estimate of drug-likeness (QED) is 0.778. The molecule has 0 saturated heterocycles. The third-order valence-electron chi connectivity index (χ3n) is 3.41. The average molecular weight is 307 g/mol. The summed E-state index contributed by atoms with van der Waals surface area (Å²) >= 11 is 0. The number of carbonyl (C=O) groups is 2. The molecule has 3 N–H and O–H groups in total. The van der Waals surface area contributed by atoms with Crippen LogP contribution in [-0.2, 0) is 16.1 Å². The molecule has 0 aliphatic carbocycles. The molecule has 0 heterocycles. The number of nitrogens with zero attached hydrogens (tertiary/aromatic N) is 1. The van der Waals surface area contributed by atoms with Gasteiger partial charge in [-0.15, -0.1) is 0 Å². The molecule has 6 nitrogen and oxygen atoms in total. The van der Waals surface area contributed by atoms with Crippen molar-refractivity contribution >= 4 is 11.8 Å². The van der Waals surface area contributed by atoms with Crippen LogP contribution in [0.5, 0.6) is 5.75 Å². The number of benzene rings is 1. The van der Waals surface area contributed by atoms with Crippen LogP contribution in [0.1, 0.15) is 19.4 Å². The van der Waals surface area contributed by atoms with Crippen LogP contribution < -0.4 is 15.8 Å². The van der Waals surface area contributed by atoms with Gasteiger partial charge < -0.3 is 20.7 Å². The minimum Gasteiger partial charge on any atom is -0.497 e. The highest BCUT2D eigenvalue weighted by molar-refractivity contribution is 5.87. The molecule has 0 aliphatic rings. The van der Waals surface area contributed by atoms with Crippen molar-refractivity contribution in [1.82, 2.24) is 10.2 Å². The number of hydrogen-bond donors (Lipinski definition) is 2. The average Bonchev–Trinajstić information content (AvgIpc) is 2.51. The van der Waals surface area contributed by atoms with Gasteiger partial charge in [0, 0.05) is 13.6 Å². The van der Waals surface area contributed by atoms with Gasteiger partial charge in [-0.05, 0) is 23.6 Å². The Kier molecular flexibility index (Phi) is 6.85. The van der Waals surface area contributed by atoms with Crippen molar-refractivity contribution in [1.29, 1.82) is 0 Å². The van der Waals surface area contributed by atoms with E-state index < -0.39 is 6.04 Å². The van der Waals surface area contributed by atoms with Gasteiger partial charge in [0.25, 0.3) is 0 Å². The number of nitrogens with two attached hydrogens (primary N) is 1. The molecule has 1 rings (SSSR count). The standard InChI is InChI=1S/C16H25N3O3/c1-11(2)15(17)16(21)18-9-14(20)19(3)10-12-6-5-7-13(8-12)22-4/h5-8,11,15H,9-10,17H2,1-4H3,(H,18,21)/t15-/m0/s1. The first-order chi connectivity index (χ1) is 10.3. The lowest BCUT2D eigenvalue weighted by molar-refractivity contribution is -0.132. The Morgan fingerprint density at radius 1 is 1.36 bits per heavy atom. The Hall–Kier alpha value is -2.08. The fraction of sp³-hybridized carbons (Fsp3) is 0.500. The maximum absolute atomic E-state index is 12.0. The molecule has 0 fully saturated rings. The number of methoxy groups -OCH3 is 1. The minimum absolute atomic E-state index is 0.0321. The first kappa shape index (κ1) is 18.0. The summed E-state index contributed by atoms with van der Waals surface area (Å²) in [5, 5.41) is 2.57. The summed E-state index contributed by atoms with van der Waals surface area (Å²) in [7, 11) is 3.29. The Balaban J connectivity index is 2.49. The molecule has 6 heteroatoms. The Labute approximate surface area is 131 Å². The van der Waals surface area contributed by atoms with Crippen molar-refractivity contribution in [3.63, 3.8) is 0 Å². The molecular formula is C16H25N3O3. The lowest BCUT2D eigenvalue weighted by Crippen LogP contribution is -2.47. The van der Waals surface area contributed by atoms with E-state index in [4.69, 9.17) is 10.5 Å². The molecule has 2 amide bonds. The molecule has 0 saturated carbocycles. The van der Waals surface area contributed by atoms with Gasteiger partial charge in [0.15, 0.2) is 0 Å². The van der Waals surface area contributed by atoms with Gasteiger partial charge in [-0.2, -0.15) is 0 Å². The zero-order valence-electron chi connectivity index (χ0n) is 13.6. The van der Waals surface area contributed by atoms with Crippen molar-refractivity contribution in [3.8, 4) is 5.75 Å². The molecular weight excluding hydrogens is 282 g/mol. The fourth-order valence-corrected chi connectivity index (χ4v) is 1.85. The smallest absolute Gasteiger partial charge is 0.242 e. The Morgan fingerprint density at radius 3 is 2.64 bits per heavy atom. The van der Waals surface area contributed by atoms with E-state index in [-0.39, 0.29) is 24.3 Å². The van der Waals surface area contributed by atoms with E-state index in [2.05, 4.69) is 5.32 Å². The maximum Gasteiger partial charge on any atom is 0.242 e. The van der Waals surface area contributed by atoms with Gasteiger partial charge >= 0.3 is 0 Å². The van der Waals surface area contributed by atoms with Gasteiger partial charge in [-0.1, -0.05) is 26.0 Å². The number of amides is 2. The summed E-state index contributed by atoms with van der Waals surface area (Å²) in [6.45, 7) is 4.11. The lowest BCUT2D eigenvalue weighted by atomic mass is 10.1. The summed E-state index contributed by atoms with van der Waals surface area (Å²) in [6.07, 6.45) is 0. The van der Waals surface area contributed by atoms with E-state index in [0.29, 0.717) is 6.54 Å². The third-order valence-corrected chi connectivity index (χ3v) is 3.41. The van der Waals surface area contributed by atoms with Crippen LogP contribution in [0, 0.1) is 5.92 Å². The Bertz CT molecular complexity index is 517. The van der Waals surface area contributed by atoms with Crippen molar-refractivity contribution in [2.45, 2.75) is 26.4 Å². The summed E-state index contributed by atoms with van der Waals surface area (Å²) in [4.78, 5) is 25.3. The highest BCUT2D eigenvalue weighted by Gasteiger charge is 2.18. The number of carbonyl (C=O) groups excluding carboxylic acids is 2. The molecule has 0 bridgehead atoms. The number of hydrogen-bond acceptors (Lipinski definition) is 4. The van der Waals surface area contributed by atoms with Crippen LogP contribution >= 0.6 is 0 Å². The van der Waals surface area contributed by atoms with E-state index in [0.717, 1.165) is 11.3 Å². The second-order valence-corrected chi connectivity index (χ2v) is 5.59. The first-order valence-electron chi connectivity index (χ1n) is 7.25. The van der Waals surface area contributed by atoms with Crippen LogP contribution in [0.25, 0.3) is 0 Å². The lowest BCUT2D eigenvalue weighted by Gasteiger charge is -2.19. The predicted octanol–water partition coefficient (Wildman–Crippen LogP) is 0.753. The predicted molar refractivity (Wildman–Crippen MR) is 85.3 cm³/mol. The zero-order chi connectivity index (χ0) is 16.7. The maximum atomic E-state index is 12.0. The Morgan fingerprint density at radius 2 is 2.05 bits per heavy atom. The summed E-state index contributed by atoms with van der Waals surface area (Å²) in [6, 6.07) is 6.90. The second kappa shape index (κ2) is 8.38. The van der Waals surface area contributed by atoms with Gasteiger partial charge in [0.05, 0.1) is 19.7 Å². The SMILES string of the molecule is COc1cccc(CN(C)C(=O)CNC(=O)[C@@H](N)C(C)C)c1. The molecule has 0 spiro atoms. The minimum atomic E-state index is -0.600. The number of rotatable bonds is 7. The van der Waals surface area contributed by atoms with Gasteiger partial charge in [0.2, 0.25) is 11.8 Å². The van der Waals surface area contributed by atoms with E-state index in [1.165, 1.54) is 0 Å². The molecule has 0 radical (unpaired) electrons. The highest BCUT2D eigenvalue weighted by Crippen LogP contribution is 2.13. The molecule has 0 aromatic heterocycles. The van der Waals surface area contributed by atoms with Gasteiger partial charge in [0.1, 0.15) is 5.75 Å². The summed E-state index contributed by atoms with van der Waals surface area (Å²) in [5.41, 5.74) is 6.69. The van der Waals surface area contributed by atoms with Crippen molar-refractivity contribution in [2.75, 3.05) is 20.7 Å². The topological polar surface area (TPSA) is 84.7 Å². The van der Waals surface area contributed by atoms with Crippen LogP contribution in [-0.4, -0.2) is 43.5 Å². The molecule has 22 heavy (non-hydrogen) atoms. The summed E-state index contributed by atoms with van der Waals surface area (Å²) in [5.74, 6) is 0.296. The first-order valence-corrected chi connectivity index (χ1v) is 7.25. The van der Waals surface area contributed by atoms with E-state index in [1.54, 1.807) is 19.1 Å². The van der Waals surface area contributed by atoms with Crippen LogP contribution in [0.3, 0.4) is 0 Å². The van der Waals surface area contributed by atoms with E-state index >= 15 is 0 Å². The fourth-order valence-electron chi connectivity index (χ4n) is 1.85. The summed E-state index contributed by atoms with van der Waals surface area (Å²) < 4.78 is 5.15. The monoisotopic (exact) mass is 307 g/mol. The van der Waals surface area contributed by atoms with Crippen LogP contribution in [0.2, 0.25) is 0 Å². The van der Waals surface area contributed by atoms with Gasteiger partial charge in [-0.3, -0.25) is 9.59 Å². The third kappa shape index (κ3) is 5.37. The van der Waals surface area contributed by atoms with E-state index in [9.17, 15) is 9.59 Å². The van der Waals surface area contributed by atoms with Crippen LogP contribution in [0.4, 0.5) is 0 Å². The van der Waals surface area contributed by atoms with Gasteiger partial charge in [-0.25, -0.2) is 0 Å².